The second-order valence-corrected chi connectivity index (χ2v) is 6.46. The number of carbonyl (C=O) groups excluding carboxylic acids is 3. The molecule has 0 radical (unpaired) electrons. The van der Waals surface area contributed by atoms with Crippen molar-refractivity contribution in [2.75, 3.05) is 20.3 Å². The Morgan fingerprint density at radius 3 is 2.75 bits per heavy atom. The summed E-state index contributed by atoms with van der Waals surface area (Å²) in [7, 11) is 1.52. The van der Waals surface area contributed by atoms with Gasteiger partial charge in [0.05, 0.1) is 23.4 Å². The Morgan fingerprint density at radius 1 is 1.42 bits per heavy atom. The molecule has 0 aromatic carbocycles. The standard InChI is InChI=1S/C15H18N4O5/c1-5-9(16)12(21)8-6(4-24-14(17)22)15(23-2)13-7(18-13)3-19(15)10(8)11(5)20/h6-7,13,18H,3-4,16H2,1-2H3,(H2,17,22)/t6-,7?,13+,15-/m0/s1. The summed E-state index contributed by atoms with van der Waals surface area (Å²) in [6.07, 6.45) is -0.950. The number of piperazine rings is 1. The van der Waals surface area contributed by atoms with E-state index in [0.717, 1.165) is 0 Å². The van der Waals surface area contributed by atoms with Gasteiger partial charge in [0.2, 0.25) is 11.6 Å². The van der Waals surface area contributed by atoms with Crippen LogP contribution in [0.1, 0.15) is 6.92 Å². The molecular weight excluding hydrogens is 316 g/mol. The fraction of sp³-hybridized carbons (Fsp3) is 0.533. The van der Waals surface area contributed by atoms with Crippen molar-refractivity contribution in [3.8, 4) is 0 Å². The smallest absolute Gasteiger partial charge is 0.404 e. The third kappa shape index (κ3) is 1.58. The van der Waals surface area contributed by atoms with Gasteiger partial charge in [-0.3, -0.25) is 9.59 Å². The minimum atomic E-state index is -0.957. The SMILES string of the molecule is CO[C@@]12[C@@H]3NC3CN1C1=C(C(=O)C(N)=C(C)C1=O)[C@@H]2COC(N)=O. The van der Waals surface area contributed by atoms with Crippen molar-refractivity contribution in [1.82, 2.24) is 10.2 Å². The summed E-state index contributed by atoms with van der Waals surface area (Å²) < 4.78 is 10.8. The number of carbonyl (C=O) groups is 3. The lowest BCUT2D eigenvalue weighted by atomic mass is 9.82. The van der Waals surface area contributed by atoms with Crippen LogP contribution < -0.4 is 16.8 Å². The molecule has 2 fully saturated rings. The zero-order valence-corrected chi connectivity index (χ0v) is 13.3. The number of fused-ring (bicyclic) bond motifs is 4. The number of methoxy groups -OCH3 is 1. The predicted octanol–water partition coefficient (Wildman–Crippen LogP) is -1.65. The molecule has 3 aliphatic heterocycles. The number of primary amides is 1. The number of amides is 1. The van der Waals surface area contributed by atoms with Crippen LogP contribution in [0.4, 0.5) is 4.79 Å². The number of hydrogen-bond donors (Lipinski definition) is 3. The molecule has 0 spiro atoms. The second kappa shape index (κ2) is 4.58. The van der Waals surface area contributed by atoms with Crippen molar-refractivity contribution in [2.24, 2.45) is 17.4 Å². The number of rotatable bonds is 3. The number of hydrogen-bond acceptors (Lipinski definition) is 8. The van der Waals surface area contributed by atoms with Crippen LogP contribution in [-0.4, -0.2) is 60.6 Å². The molecule has 1 unspecified atom stereocenters. The number of ether oxygens (including phenoxy) is 2. The first-order chi connectivity index (χ1) is 11.3. The normalized spacial score (nSPS) is 36.8. The zero-order valence-electron chi connectivity index (χ0n) is 13.3. The number of nitrogens with two attached hydrogens (primary N) is 2. The Balaban J connectivity index is 1.85. The van der Waals surface area contributed by atoms with Crippen molar-refractivity contribution in [2.45, 2.75) is 24.7 Å². The van der Waals surface area contributed by atoms with Crippen LogP contribution in [0, 0.1) is 5.92 Å². The fourth-order valence-corrected chi connectivity index (χ4v) is 4.31. The summed E-state index contributed by atoms with van der Waals surface area (Å²) in [6.45, 7) is 1.92. The highest BCUT2D eigenvalue weighted by atomic mass is 16.6. The highest BCUT2D eigenvalue weighted by molar-refractivity contribution is 6.25. The highest BCUT2D eigenvalue weighted by Crippen LogP contribution is 2.55. The topological polar surface area (TPSA) is 147 Å². The van der Waals surface area contributed by atoms with Crippen LogP contribution in [0.2, 0.25) is 0 Å². The summed E-state index contributed by atoms with van der Waals surface area (Å²) in [5.41, 5.74) is 10.7. The molecule has 2 saturated heterocycles. The summed E-state index contributed by atoms with van der Waals surface area (Å²) >= 11 is 0. The number of allylic oxidation sites excluding steroid dienone is 2. The van der Waals surface area contributed by atoms with Gasteiger partial charge in [-0.25, -0.2) is 4.79 Å². The largest absolute Gasteiger partial charge is 0.449 e. The lowest BCUT2D eigenvalue weighted by Gasteiger charge is -2.39. The molecular formula is C15H18N4O5. The molecule has 0 aromatic heterocycles. The Kier molecular flexibility index (Phi) is 2.89. The van der Waals surface area contributed by atoms with E-state index in [1.165, 1.54) is 14.0 Å². The van der Waals surface area contributed by atoms with Crippen LogP contribution in [0.25, 0.3) is 0 Å². The molecule has 24 heavy (non-hydrogen) atoms. The maximum atomic E-state index is 12.8. The molecule has 4 atom stereocenters. The third-order valence-corrected chi connectivity index (χ3v) is 5.47. The first-order valence-electron chi connectivity index (χ1n) is 7.65. The van der Waals surface area contributed by atoms with Gasteiger partial charge < -0.3 is 31.2 Å². The Bertz CT molecular complexity index is 757. The summed E-state index contributed by atoms with van der Waals surface area (Å²) in [4.78, 5) is 38.4. The molecule has 1 aliphatic carbocycles. The van der Waals surface area contributed by atoms with Crippen molar-refractivity contribution < 1.29 is 23.9 Å². The van der Waals surface area contributed by atoms with Crippen LogP contribution in [0.15, 0.2) is 22.5 Å². The lowest BCUT2D eigenvalue weighted by Crippen LogP contribution is -2.55. The number of nitrogens with one attached hydrogen (secondary N) is 1. The molecule has 4 rings (SSSR count). The monoisotopic (exact) mass is 334 g/mol. The minimum Gasteiger partial charge on any atom is -0.449 e. The predicted molar refractivity (Wildman–Crippen MR) is 80.1 cm³/mol. The van der Waals surface area contributed by atoms with Gasteiger partial charge >= 0.3 is 6.09 Å². The van der Waals surface area contributed by atoms with Crippen LogP contribution in [-0.2, 0) is 19.1 Å². The van der Waals surface area contributed by atoms with Gasteiger partial charge in [-0.15, -0.1) is 0 Å². The lowest BCUT2D eigenvalue weighted by molar-refractivity contribution is -0.137. The zero-order chi connectivity index (χ0) is 17.4. The van der Waals surface area contributed by atoms with Gasteiger partial charge in [0.1, 0.15) is 6.61 Å². The highest BCUT2D eigenvalue weighted by Gasteiger charge is 2.72. The van der Waals surface area contributed by atoms with E-state index >= 15 is 0 Å². The molecule has 0 aromatic rings. The van der Waals surface area contributed by atoms with Crippen LogP contribution in [0.3, 0.4) is 0 Å². The van der Waals surface area contributed by atoms with Gasteiger partial charge in [-0.2, -0.15) is 0 Å². The molecule has 3 heterocycles. The second-order valence-electron chi connectivity index (χ2n) is 6.46. The first-order valence-corrected chi connectivity index (χ1v) is 7.65. The molecule has 4 aliphatic rings. The molecule has 0 saturated carbocycles. The van der Waals surface area contributed by atoms with Crippen molar-refractivity contribution in [3.05, 3.63) is 22.5 Å². The average Bonchev–Trinajstić information content (AvgIpc) is 3.16. The number of ketones is 2. The maximum Gasteiger partial charge on any atom is 0.404 e. The Hall–Kier alpha value is -2.39. The Morgan fingerprint density at radius 2 is 2.12 bits per heavy atom. The number of Topliss-reactive ketones (excluding diaryl/α,β-unsaturated/α-hetero) is 2. The minimum absolute atomic E-state index is 0.0586. The van der Waals surface area contributed by atoms with Crippen molar-refractivity contribution in [1.29, 1.82) is 0 Å². The summed E-state index contributed by atoms with van der Waals surface area (Å²) in [6, 6.07) is 0.109. The van der Waals surface area contributed by atoms with Crippen LogP contribution >= 0.6 is 0 Å². The van der Waals surface area contributed by atoms with E-state index in [0.29, 0.717) is 12.2 Å². The van der Waals surface area contributed by atoms with Crippen molar-refractivity contribution >= 4 is 17.7 Å². The van der Waals surface area contributed by atoms with Crippen molar-refractivity contribution in [3.63, 3.8) is 0 Å². The average molecular weight is 334 g/mol. The first kappa shape index (κ1) is 15.2. The van der Waals surface area contributed by atoms with E-state index in [9.17, 15) is 14.4 Å². The Labute approximate surface area is 137 Å². The maximum absolute atomic E-state index is 12.8. The van der Waals surface area contributed by atoms with Gasteiger partial charge in [-0.1, -0.05) is 0 Å². The van der Waals surface area contributed by atoms with E-state index in [4.69, 9.17) is 20.9 Å². The van der Waals surface area contributed by atoms with E-state index in [-0.39, 0.29) is 41.3 Å². The van der Waals surface area contributed by atoms with Gasteiger partial charge in [0, 0.05) is 30.8 Å². The molecule has 1 amide bonds. The van der Waals surface area contributed by atoms with E-state index in [1.54, 1.807) is 0 Å². The summed E-state index contributed by atoms with van der Waals surface area (Å²) in [5.74, 6) is -1.34. The van der Waals surface area contributed by atoms with Gasteiger partial charge in [-0.05, 0) is 6.92 Å². The van der Waals surface area contributed by atoms with E-state index in [2.05, 4.69) is 5.32 Å². The van der Waals surface area contributed by atoms with E-state index < -0.39 is 23.5 Å². The van der Waals surface area contributed by atoms with Gasteiger partial charge in [0.15, 0.2) is 5.72 Å². The quantitative estimate of drug-likeness (QED) is 0.411. The van der Waals surface area contributed by atoms with E-state index in [1.807, 2.05) is 4.90 Å². The molecule has 5 N–H and O–H groups in total. The fourth-order valence-electron chi connectivity index (χ4n) is 4.31. The molecule has 0 bridgehead atoms. The molecule has 9 nitrogen and oxygen atoms in total. The molecule has 9 heteroatoms. The summed E-state index contributed by atoms with van der Waals surface area (Å²) in [5, 5.41) is 3.28. The number of nitrogens with zero attached hydrogens (tertiary/aromatic N) is 1. The molecule has 128 valence electrons. The third-order valence-electron chi connectivity index (χ3n) is 5.47. The van der Waals surface area contributed by atoms with Gasteiger partial charge in [0.25, 0.3) is 0 Å². The van der Waals surface area contributed by atoms with Crippen LogP contribution in [0.5, 0.6) is 0 Å².